The molecule has 7 heteroatoms. The second-order valence-corrected chi connectivity index (χ2v) is 6.79. The van der Waals surface area contributed by atoms with E-state index >= 15 is 0 Å². The molecule has 0 radical (unpaired) electrons. The molecule has 1 fully saturated rings. The molecule has 7 nitrogen and oxygen atoms in total. The number of amides is 3. The number of benzene rings is 2. The molecule has 0 bridgehead atoms. The van der Waals surface area contributed by atoms with Gasteiger partial charge in [0.15, 0.2) is 0 Å². The lowest BCUT2D eigenvalue weighted by molar-refractivity contribution is -0.117. The van der Waals surface area contributed by atoms with Crippen molar-refractivity contribution in [3.8, 4) is 11.5 Å². The number of nitrogens with one attached hydrogen (secondary N) is 2. The number of anilines is 1. The zero-order valence-electron chi connectivity index (χ0n) is 16.8. The van der Waals surface area contributed by atoms with Gasteiger partial charge in [0.05, 0.1) is 19.8 Å². The summed E-state index contributed by atoms with van der Waals surface area (Å²) < 4.78 is 10.7. The highest BCUT2D eigenvalue weighted by molar-refractivity contribution is 5.96. The van der Waals surface area contributed by atoms with Crippen LogP contribution in [0.15, 0.2) is 48.5 Å². The average molecular weight is 397 g/mol. The van der Waals surface area contributed by atoms with Crippen LogP contribution in [0.5, 0.6) is 11.5 Å². The first kappa shape index (κ1) is 20.5. The highest BCUT2D eigenvalue weighted by Crippen LogP contribution is 2.24. The number of rotatable bonds is 8. The molecule has 0 aliphatic carbocycles. The first-order valence-electron chi connectivity index (χ1n) is 9.80. The Hall–Kier alpha value is -3.22. The van der Waals surface area contributed by atoms with Crippen LogP contribution in [0.25, 0.3) is 0 Å². The van der Waals surface area contributed by atoms with E-state index < -0.39 is 0 Å². The van der Waals surface area contributed by atoms with Gasteiger partial charge in [-0.1, -0.05) is 18.2 Å². The van der Waals surface area contributed by atoms with E-state index in [0.717, 1.165) is 22.7 Å². The van der Waals surface area contributed by atoms with Gasteiger partial charge in [0.25, 0.3) is 0 Å². The fourth-order valence-electron chi connectivity index (χ4n) is 3.40. The maximum Gasteiger partial charge on any atom is 0.315 e. The van der Waals surface area contributed by atoms with Crippen LogP contribution in [0.3, 0.4) is 0 Å². The SMILES string of the molecule is CCOc1ccc(N2C[C@H](NC(=O)NCCc3ccccc3OC)CC2=O)cc1. The second kappa shape index (κ2) is 9.82. The Kier molecular flexibility index (Phi) is 6.94. The molecule has 3 amide bonds. The maximum absolute atomic E-state index is 12.4. The zero-order valence-corrected chi connectivity index (χ0v) is 16.8. The molecule has 1 heterocycles. The van der Waals surface area contributed by atoms with Crippen LogP contribution in [0.4, 0.5) is 10.5 Å². The van der Waals surface area contributed by atoms with Crippen molar-refractivity contribution in [2.45, 2.75) is 25.8 Å². The summed E-state index contributed by atoms with van der Waals surface area (Å²) in [6.07, 6.45) is 0.951. The molecular weight excluding hydrogens is 370 g/mol. The summed E-state index contributed by atoms with van der Waals surface area (Å²) in [7, 11) is 1.63. The van der Waals surface area contributed by atoms with Gasteiger partial charge in [-0.3, -0.25) is 4.79 Å². The van der Waals surface area contributed by atoms with Gasteiger partial charge in [-0.05, 0) is 49.2 Å². The Morgan fingerprint density at radius 2 is 1.93 bits per heavy atom. The van der Waals surface area contributed by atoms with Crippen molar-refractivity contribution in [2.75, 3.05) is 31.7 Å². The minimum Gasteiger partial charge on any atom is -0.496 e. The largest absolute Gasteiger partial charge is 0.496 e. The third-order valence-electron chi connectivity index (χ3n) is 4.79. The molecule has 2 aromatic carbocycles. The summed E-state index contributed by atoms with van der Waals surface area (Å²) in [5.41, 5.74) is 1.84. The Morgan fingerprint density at radius 1 is 1.17 bits per heavy atom. The Labute approximate surface area is 171 Å². The summed E-state index contributed by atoms with van der Waals surface area (Å²) in [6.45, 7) is 3.46. The average Bonchev–Trinajstić information content (AvgIpc) is 3.09. The molecule has 2 aromatic rings. The van der Waals surface area contributed by atoms with Gasteiger partial charge in [0.1, 0.15) is 11.5 Å². The molecular formula is C22H27N3O4. The predicted molar refractivity (Wildman–Crippen MR) is 112 cm³/mol. The van der Waals surface area contributed by atoms with E-state index in [1.807, 2.05) is 55.5 Å². The van der Waals surface area contributed by atoms with E-state index in [1.165, 1.54) is 0 Å². The quantitative estimate of drug-likeness (QED) is 0.718. The van der Waals surface area contributed by atoms with Crippen LogP contribution in [0.1, 0.15) is 18.9 Å². The minimum atomic E-state index is -0.272. The number of urea groups is 1. The lowest BCUT2D eigenvalue weighted by atomic mass is 10.1. The topological polar surface area (TPSA) is 79.9 Å². The van der Waals surface area contributed by atoms with E-state index in [-0.39, 0.29) is 24.4 Å². The molecule has 1 atom stereocenters. The Morgan fingerprint density at radius 3 is 2.66 bits per heavy atom. The Bertz CT molecular complexity index is 838. The van der Waals surface area contributed by atoms with Crippen molar-refractivity contribution < 1.29 is 19.1 Å². The number of nitrogens with zero attached hydrogens (tertiary/aromatic N) is 1. The molecule has 0 spiro atoms. The zero-order chi connectivity index (χ0) is 20.6. The van der Waals surface area contributed by atoms with Crippen LogP contribution in [0, 0.1) is 0 Å². The highest BCUT2D eigenvalue weighted by atomic mass is 16.5. The summed E-state index contributed by atoms with van der Waals surface area (Å²) in [5.74, 6) is 1.57. The van der Waals surface area contributed by atoms with Crippen molar-refractivity contribution in [2.24, 2.45) is 0 Å². The van der Waals surface area contributed by atoms with Gasteiger partial charge in [-0.2, -0.15) is 0 Å². The molecule has 0 saturated carbocycles. The van der Waals surface area contributed by atoms with Crippen molar-refractivity contribution >= 4 is 17.6 Å². The normalized spacial score (nSPS) is 15.9. The third kappa shape index (κ3) is 5.40. The van der Waals surface area contributed by atoms with Crippen molar-refractivity contribution in [3.63, 3.8) is 0 Å². The summed E-state index contributed by atoms with van der Waals surface area (Å²) in [5, 5.41) is 5.74. The lowest BCUT2D eigenvalue weighted by Gasteiger charge is -2.18. The molecule has 0 unspecified atom stereocenters. The molecule has 0 aromatic heterocycles. The first-order valence-corrected chi connectivity index (χ1v) is 9.80. The number of methoxy groups -OCH3 is 1. The van der Waals surface area contributed by atoms with E-state index in [1.54, 1.807) is 12.0 Å². The first-order chi connectivity index (χ1) is 14.1. The Balaban J connectivity index is 1.47. The lowest BCUT2D eigenvalue weighted by Crippen LogP contribution is -2.43. The smallest absolute Gasteiger partial charge is 0.315 e. The maximum atomic E-state index is 12.4. The predicted octanol–water partition coefficient (Wildman–Crippen LogP) is 2.74. The monoisotopic (exact) mass is 397 g/mol. The fourth-order valence-corrected chi connectivity index (χ4v) is 3.40. The molecule has 154 valence electrons. The highest BCUT2D eigenvalue weighted by Gasteiger charge is 2.31. The number of carbonyl (C=O) groups excluding carboxylic acids is 2. The van der Waals surface area contributed by atoms with Crippen LogP contribution < -0.4 is 25.0 Å². The summed E-state index contributed by atoms with van der Waals surface area (Å²) >= 11 is 0. The molecule has 1 aliphatic rings. The van der Waals surface area contributed by atoms with E-state index in [2.05, 4.69) is 10.6 Å². The summed E-state index contributed by atoms with van der Waals surface area (Å²) in [6, 6.07) is 14.6. The summed E-state index contributed by atoms with van der Waals surface area (Å²) in [4.78, 5) is 26.3. The van der Waals surface area contributed by atoms with E-state index in [4.69, 9.17) is 9.47 Å². The van der Waals surface area contributed by atoms with E-state index in [0.29, 0.717) is 26.1 Å². The molecule has 2 N–H and O–H groups in total. The van der Waals surface area contributed by atoms with Crippen LogP contribution in [0.2, 0.25) is 0 Å². The second-order valence-electron chi connectivity index (χ2n) is 6.79. The van der Waals surface area contributed by atoms with Crippen LogP contribution in [-0.2, 0) is 11.2 Å². The van der Waals surface area contributed by atoms with Gasteiger partial charge in [0.2, 0.25) is 5.91 Å². The molecule has 1 aliphatic heterocycles. The van der Waals surface area contributed by atoms with Crippen molar-refractivity contribution in [3.05, 3.63) is 54.1 Å². The number of para-hydroxylation sites is 1. The number of carbonyl (C=O) groups is 2. The van der Waals surface area contributed by atoms with Gasteiger partial charge >= 0.3 is 6.03 Å². The van der Waals surface area contributed by atoms with Crippen LogP contribution in [-0.4, -0.2) is 44.8 Å². The number of ether oxygens (including phenoxy) is 2. The van der Waals surface area contributed by atoms with Crippen molar-refractivity contribution in [1.29, 1.82) is 0 Å². The number of hydrogen-bond donors (Lipinski definition) is 2. The van der Waals surface area contributed by atoms with E-state index in [9.17, 15) is 9.59 Å². The van der Waals surface area contributed by atoms with Gasteiger partial charge in [-0.25, -0.2) is 4.79 Å². The third-order valence-corrected chi connectivity index (χ3v) is 4.79. The van der Waals surface area contributed by atoms with Gasteiger partial charge < -0.3 is 25.0 Å². The van der Waals surface area contributed by atoms with Crippen LogP contribution >= 0.6 is 0 Å². The minimum absolute atomic E-state index is 0.00604. The molecule has 29 heavy (non-hydrogen) atoms. The van der Waals surface area contributed by atoms with Gasteiger partial charge in [0, 0.05) is 25.2 Å². The fraction of sp³-hybridized carbons (Fsp3) is 0.364. The number of hydrogen-bond acceptors (Lipinski definition) is 4. The molecule has 1 saturated heterocycles. The van der Waals surface area contributed by atoms with Crippen molar-refractivity contribution in [1.82, 2.24) is 10.6 Å². The standard InChI is InChI=1S/C22H27N3O4/c1-3-29-19-10-8-18(9-11-19)25-15-17(14-21(25)26)24-22(27)23-13-12-16-6-4-5-7-20(16)28-2/h4-11,17H,3,12-15H2,1-2H3,(H2,23,24,27)/t17-/m1/s1. The molecule has 3 rings (SSSR count). The van der Waals surface area contributed by atoms with Gasteiger partial charge in [-0.15, -0.1) is 0 Å².